The first-order valence-corrected chi connectivity index (χ1v) is 6.01. The van der Waals surface area contributed by atoms with E-state index in [1.807, 2.05) is 0 Å². The summed E-state index contributed by atoms with van der Waals surface area (Å²) < 4.78 is 44.9. The number of carbonyl (C=O) groups excluding carboxylic acids is 1. The van der Waals surface area contributed by atoms with Crippen LogP contribution in [0.1, 0.15) is 19.3 Å². The third-order valence-corrected chi connectivity index (χ3v) is 2.90. The zero-order valence-electron chi connectivity index (χ0n) is 10.5. The van der Waals surface area contributed by atoms with Crippen molar-refractivity contribution in [3.05, 3.63) is 0 Å². The first-order chi connectivity index (χ1) is 8.87. The summed E-state index contributed by atoms with van der Waals surface area (Å²) in [6.45, 7) is -1.01. The third kappa shape index (κ3) is 6.22. The fourth-order valence-electron chi connectivity index (χ4n) is 1.80. The van der Waals surface area contributed by atoms with Crippen LogP contribution in [-0.2, 0) is 14.3 Å². The normalized spacial score (nSPS) is 19.2. The van der Waals surface area contributed by atoms with Crippen molar-refractivity contribution >= 4 is 5.91 Å². The molecular weight excluding hydrogens is 267 g/mol. The smallest absolute Gasteiger partial charge is 0.394 e. The second kappa shape index (κ2) is 7.06. The van der Waals surface area contributed by atoms with E-state index in [-0.39, 0.29) is 19.6 Å². The Morgan fingerprint density at radius 3 is 2.53 bits per heavy atom. The molecule has 5 nitrogen and oxygen atoms in total. The predicted octanol–water partition coefficient (Wildman–Crippen LogP) is 0.613. The SMILES string of the molecule is O=C(CCOCC(F)(F)F)NC1(CO)CCOCC1. The molecule has 0 spiro atoms. The van der Waals surface area contributed by atoms with Crippen LogP contribution < -0.4 is 5.32 Å². The molecule has 0 aliphatic carbocycles. The summed E-state index contributed by atoms with van der Waals surface area (Å²) in [6.07, 6.45) is -3.58. The highest BCUT2D eigenvalue weighted by molar-refractivity contribution is 5.76. The second-order valence-electron chi connectivity index (χ2n) is 4.52. The van der Waals surface area contributed by atoms with Crippen LogP contribution in [0.3, 0.4) is 0 Å². The average Bonchev–Trinajstić information content (AvgIpc) is 2.35. The molecule has 1 fully saturated rings. The van der Waals surface area contributed by atoms with E-state index in [0.29, 0.717) is 26.1 Å². The van der Waals surface area contributed by atoms with Crippen LogP contribution in [-0.4, -0.2) is 55.8 Å². The molecule has 0 aromatic carbocycles. The van der Waals surface area contributed by atoms with E-state index in [1.54, 1.807) is 0 Å². The maximum absolute atomic E-state index is 11.8. The Bertz CT molecular complexity index is 290. The van der Waals surface area contributed by atoms with Gasteiger partial charge in [-0.05, 0) is 12.8 Å². The highest BCUT2D eigenvalue weighted by Gasteiger charge is 2.33. The van der Waals surface area contributed by atoms with Crippen molar-refractivity contribution < 1.29 is 32.5 Å². The van der Waals surface area contributed by atoms with Gasteiger partial charge in [0.05, 0.1) is 18.8 Å². The molecule has 0 aromatic heterocycles. The van der Waals surface area contributed by atoms with E-state index in [0.717, 1.165) is 0 Å². The Labute approximate surface area is 109 Å². The van der Waals surface area contributed by atoms with Gasteiger partial charge in [0.15, 0.2) is 0 Å². The first kappa shape index (κ1) is 16.2. The minimum atomic E-state index is -4.39. The van der Waals surface area contributed by atoms with Crippen LogP contribution in [0, 0.1) is 0 Å². The number of amides is 1. The Balaban J connectivity index is 2.26. The molecule has 1 amide bonds. The largest absolute Gasteiger partial charge is 0.411 e. The lowest BCUT2D eigenvalue weighted by Gasteiger charge is -2.36. The predicted molar refractivity (Wildman–Crippen MR) is 59.5 cm³/mol. The number of halogens is 3. The minimum Gasteiger partial charge on any atom is -0.394 e. The van der Waals surface area contributed by atoms with Gasteiger partial charge in [-0.3, -0.25) is 4.79 Å². The molecule has 1 heterocycles. The molecule has 112 valence electrons. The molecule has 1 saturated heterocycles. The number of hydrogen-bond acceptors (Lipinski definition) is 4. The maximum Gasteiger partial charge on any atom is 0.411 e. The molecule has 1 aliphatic heterocycles. The van der Waals surface area contributed by atoms with Crippen molar-refractivity contribution in [3.63, 3.8) is 0 Å². The Hall–Kier alpha value is -0.860. The van der Waals surface area contributed by atoms with Crippen molar-refractivity contribution in [2.24, 2.45) is 0 Å². The molecule has 0 aromatic rings. The quantitative estimate of drug-likeness (QED) is 0.702. The van der Waals surface area contributed by atoms with Gasteiger partial charge in [0, 0.05) is 19.6 Å². The fraction of sp³-hybridized carbons (Fsp3) is 0.909. The van der Waals surface area contributed by atoms with Gasteiger partial charge < -0.3 is 19.9 Å². The summed E-state index contributed by atoms with van der Waals surface area (Å²) in [4.78, 5) is 11.6. The summed E-state index contributed by atoms with van der Waals surface area (Å²) >= 11 is 0. The number of aliphatic hydroxyl groups is 1. The van der Waals surface area contributed by atoms with Crippen LogP contribution in [0.15, 0.2) is 0 Å². The molecule has 1 aliphatic rings. The number of nitrogens with one attached hydrogen (secondary N) is 1. The first-order valence-electron chi connectivity index (χ1n) is 6.01. The second-order valence-corrected chi connectivity index (χ2v) is 4.52. The van der Waals surface area contributed by atoms with E-state index in [9.17, 15) is 23.1 Å². The van der Waals surface area contributed by atoms with Gasteiger partial charge in [0.25, 0.3) is 0 Å². The van der Waals surface area contributed by atoms with E-state index in [2.05, 4.69) is 10.1 Å². The van der Waals surface area contributed by atoms with Crippen LogP contribution in [0.25, 0.3) is 0 Å². The molecule has 0 unspecified atom stereocenters. The summed E-state index contributed by atoms with van der Waals surface area (Å²) in [5.74, 6) is -0.432. The number of ether oxygens (including phenoxy) is 2. The topological polar surface area (TPSA) is 67.8 Å². The van der Waals surface area contributed by atoms with Crippen molar-refractivity contribution in [3.8, 4) is 0 Å². The van der Waals surface area contributed by atoms with Crippen LogP contribution >= 0.6 is 0 Å². The number of rotatable bonds is 6. The fourth-order valence-corrected chi connectivity index (χ4v) is 1.80. The Morgan fingerprint density at radius 1 is 1.37 bits per heavy atom. The van der Waals surface area contributed by atoms with Crippen LogP contribution in [0.4, 0.5) is 13.2 Å². The maximum atomic E-state index is 11.8. The number of hydrogen-bond donors (Lipinski definition) is 2. The molecule has 2 N–H and O–H groups in total. The van der Waals surface area contributed by atoms with E-state index in [4.69, 9.17) is 4.74 Å². The molecule has 0 saturated carbocycles. The standard InChI is InChI=1S/C11H18F3NO4/c12-11(13,14)8-19-4-1-9(17)15-10(7-16)2-5-18-6-3-10/h16H,1-8H2,(H,15,17). The van der Waals surface area contributed by atoms with E-state index < -0.39 is 24.2 Å². The molecule has 1 rings (SSSR count). The number of carbonyl (C=O) groups is 1. The Morgan fingerprint density at radius 2 is 2.00 bits per heavy atom. The summed E-state index contributed by atoms with van der Waals surface area (Å²) in [5.41, 5.74) is -0.723. The lowest BCUT2D eigenvalue weighted by atomic mass is 9.91. The van der Waals surface area contributed by atoms with Gasteiger partial charge in [-0.1, -0.05) is 0 Å². The van der Waals surface area contributed by atoms with E-state index >= 15 is 0 Å². The lowest BCUT2D eigenvalue weighted by Crippen LogP contribution is -2.54. The van der Waals surface area contributed by atoms with Gasteiger partial charge in [-0.2, -0.15) is 13.2 Å². The van der Waals surface area contributed by atoms with Gasteiger partial charge in [0.2, 0.25) is 5.91 Å². The van der Waals surface area contributed by atoms with Gasteiger partial charge in [-0.15, -0.1) is 0 Å². The monoisotopic (exact) mass is 285 g/mol. The molecular formula is C11H18F3NO4. The van der Waals surface area contributed by atoms with Gasteiger partial charge in [-0.25, -0.2) is 0 Å². The highest BCUT2D eigenvalue weighted by Crippen LogP contribution is 2.20. The van der Waals surface area contributed by atoms with Crippen molar-refractivity contribution in [1.82, 2.24) is 5.32 Å². The highest BCUT2D eigenvalue weighted by atomic mass is 19.4. The minimum absolute atomic E-state index is 0.168. The lowest BCUT2D eigenvalue weighted by molar-refractivity contribution is -0.174. The van der Waals surface area contributed by atoms with Crippen molar-refractivity contribution in [2.75, 3.05) is 33.0 Å². The molecule has 0 bridgehead atoms. The molecule has 0 radical (unpaired) electrons. The average molecular weight is 285 g/mol. The summed E-state index contributed by atoms with van der Waals surface area (Å²) in [7, 11) is 0. The third-order valence-electron chi connectivity index (χ3n) is 2.90. The number of aliphatic hydroxyl groups excluding tert-OH is 1. The summed E-state index contributed by atoms with van der Waals surface area (Å²) in [5, 5.41) is 12.0. The van der Waals surface area contributed by atoms with Crippen LogP contribution in [0.5, 0.6) is 0 Å². The molecule has 8 heteroatoms. The van der Waals surface area contributed by atoms with Gasteiger partial charge >= 0.3 is 6.18 Å². The molecule has 0 atom stereocenters. The zero-order valence-corrected chi connectivity index (χ0v) is 10.5. The van der Waals surface area contributed by atoms with E-state index in [1.165, 1.54) is 0 Å². The van der Waals surface area contributed by atoms with Crippen molar-refractivity contribution in [2.45, 2.75) is 31.0 Å². The van der Waals surface area contributed by atoms with Gasteiger partial charge in [0.1, 0.15) is 6.61 Å². The van der Waals surface area contributed by atoms with Crippen molar-refractivity contribution in [1.29, 1.82) is 0 Å². The zero-order chi connectivity index (χ0) is 14.4. The number of alkyl halides is 3. The Kier molecular flexibility index (Phi) is 6.02. The summed E-state index contributed by atoms with van der Waals surface area (Å²) in [6, 6.07) is 0. The van der Waals surface area contributed by atoms with Crippen LogP contribution in [0.2, 0.25) is 0 Å². The molecule has 19 heavy (non-hydrogen) atoms.